The molecule has 0 aliphatic carbocycles. The Morgan fingerprint density at radius 2 is 2.59 bits per heavy atom. The normalized spacial score (nSPS) is 12.1. The molecule has 17 heavy (non-hydrogen) atoms. The van der Waals surface area contributed by atoms with Gasteiger partial charge in [0.05, 0.1) is 6.20 Å². The monoisotopic (exact) mass is 254 g/mol. The van der Waals surface area contributed by atoms with E-state index in [9.17, 15) is 4.79 Å². The van der Waals surface area contributed by atoms with Gasteiger partial charge in [0.25, 0.3) is 0 Å². The van der Waals surface area contributed by atoms with E-state index in [0.717, 1.165) is 17.1 Å². The predicted octanol–water partition coefficient (Wildman–Crippen LogP) is 0.455. The lowest BCUT2D eigenvalue weighted by molar-refractivity contribution is -0.122. The maximum absolute atomic E-state index is 11.7. The van der Waals surface area contributed by atoms with Crippen LogP contribution in [0.15, 0.2) is 25.0 Å². The van der Waals surface area contributed by atoms with Gasteiger partial charge in [-0.05, 0) is 0 Å². The van der Waals surface area contributed by atoms with Crippen LogP contribution in [-0.4, -0.2) is 33.7 Å². The van der Waals surface area contributed by atoms with Crippen molar-refractivity contribution in [1.29, 1.82) is 0 Å². The van der Waals surface area contributed by atoms with Gasteiger partial charge in [-0.1, -0.05) is 6.08 Å². The molecule has 1 atom stereocenters. The minimum atomic E-state index is -0.645. The Hall–Kier alpha value is -1.27. The smallest absolute Gasteiger partial charge is 0.241 e. The molecule has 1 rings (SSSR count). The van der Waals surface area contributed by atoms with Gasteiger partial charge in [0.1, 0.15) is 6.04 Å². The second-order valence-electron chi connectivity index (χ2n) is 3.58. The minimum Gasteiger partial charge on any atom is -0.354 e. The number of nitrogens with one attached hydrogen (secondary N) is 1. The molecule has 94 valence electrons. The summed E-state index contributed by atoms with van der Waals surface area (Å²) in [5.74, 6) is 1.58. The molecule has 5 nitrogen and oxygen atoms in total. The first-order valence-electron chi connectivity index (χ1n) is 5.35. The number of nitrogens with two attached hydrogens (primary N) is 1. The van der Waals surface area contributed by atoms with Gasteiger partial charge in [0, 0.05) is 36.9 Å². The van der Waals surface area contributed by atoms with Crippen LogP contribution in [0.3, 0.4) is 0 Å². The Bertz CT molecular complexity index is 377. The van der Waals surface area contributed by atoms with E-state index in [-0.39, 0.29) is 5.91 Å². The molecule has 1 heterocycles. The topological polar surface area (TPSA) is 72.9 Å². The van der Waals surface area contributed by atoms with Crippen molar-refractivity contribution in [2.75, 3.05) is 18.1 Å². The molecule has 0 saturated heterocycles. The summed E-state index contributed by atoms with van der Waals surface area (Å²) in [6.45, 7) is 4.24. The van der Waals surface area contributed by atoms with E-state index in [0.29, 0.717) is 6.54 Å². The van der Waals surface area contributed by atoms with Gasteiger partial charge in [-0.15, -0.1) is 6.58 Å². The number of amides is 1. The average molecular weight is 254 g/mol. The van der Waals surface area contributed by atoms with Crippen molar-refractivity contribution in [3.63, 3.8) is 0 Å². The molecule has 0 saturated carbocycles. The summed E-state index contributed by atoms with van der Waals surface area (Å²) < 4.78 is 1.63. The Balaban J connectivity index is 2.30. The van der Waals surface area contributed by atoms with E-state index in [1.165, 1.54) is 0 Å². The van der Waals surface area contributed by atoms with Crippen LogP contribution >= 0.6 is 11.8 Å². The summed E-state index contributed by atoms with van der Waals surface area (Å²) in [6.07, 6.45) is 5.20. The summed E-state index contributed by atoms with van der Waals surface area (Å²) in [6, 6.07) is -0.645. The number of aromatic nitrogens is 2. The molecule has 0 aliphatic rings. The number of hydrogen-bond donors (Lipinski definition) is 2. The summed E-state index contributed by atoms with van der Waals surface area (Å²) >= 11 is 1.72. The van der Waals surface area contributed by atoms with Crippen LogP contribution in [0.4, 0.5) is 0 Å². The quantitative estimate of drug-likeness (QED) is 0.547. The highest BCUT2D eigenvalue weighted by molar-refractivity contribution is 7.99. The molecule has 1 unspecified atom stereocenters. The Morgan fingerprint density at radius 1 is 1.82 bits per heavy atom. The average Bonchev–Trinajstić information content (AvgIpc) is 2.74. The highest BCUT2D eigenvalue weighted by Gasteiger charge is 2.16. The van der Waals surface area contributed by atoms with Crippen LogP contribution in [0.2, 0.25) is 0 Å². The third-order valence-electron chi connectivity index (χ3n) is 2.15. The highest BCUT2D eigenvalue weighted by Crippen LogP contribution is 2.08. The number of nitrogens with zero attached hydrogens (tertiary/aromatic N) is 2. The van der Waals surface area contributed by atoms with Crippen molar-refractivity contribution in [2.45, 2.75) is 6.04 Å². The molecule has 6 heteroatoms. The summed E-state index contributed by atoms with van der Waals surface area (Å²) in [5, 5.41) is 6.78. The molecule has 0 aromatic carbocycles. The number of carbonyl (C=O) groups is 1. The van der Waals surface area contributed by atoms with Crippen LogP contribution in [0.1, 0.15) is 11.6 Å². The first-order chi connectivity index (χ1) is 8.15. The van der Waals surface area contributed by atoms with Crippen molar-refractivity contribution in [3.05, 3.63) is 30.6 Å². The first kappa shape index (κ1) is 13.8. The van der Waals surface area contributed by atoms with E-state index >= 15 is 0 Å². The summed E-state index contributed by atoms with van der Waals surface area (Å²) in [4.78, 5) is 11.7. The van der Waals surface area contributed by atoms with Crippen molar-refractivity contribution in [2.24, 2.45) is 12.8 Å². The van der Waals surface area contributed by atoms with Gasteiger partial charge in [-0.2, -0.15) is 16.9 Å². The van der Waals surface area contributed by atoms with E-state index in [1.54, 1.807) is 35.9 Å². The molecule has 1 amide bonds. The number of carbonyl (C=O) groups excluding carboxylic acids is 1. The third-order valence-corrected chi connectivity index (χ3v) is 3.11. The standard InChI is InChI=1S/C11H18N4OS/c1-3-5-17-6-4-13-11(16)10(12)9-7-14-15(2)8-9/h3,7-8,10H,1,4-6,12H2,2H3,(H,13,16). The second kappa shape index (κ2) is 7.13. The molecule has 0 aliphatic heterocycles. The van der Waals surface area contributed by atoms with E-state index in [2.05, 4.69) is 17.0 Å². The van der Waals surface area contributed by atoms with Gasteiger partial charge >= 0.3 is 0 Å². The molecule has 3 N–H and O–H groups in total. The van der Waals surface area contributed by atoms with Crippen LogP contribution in [0.25, 0.3) is 0 Å². The van der Waals surface area contributed by atoms with E-state index < -0.39 is 6.04 Å². The molecule has 0 radical (unpaired) electrons. The van der Waals surface area contributed by atoms with Crippen molar-refractivity contribution >= 4 is 17.7 Å². The van der Waals surface area contributed by atoms with Gasteiger partial charge in [-0.25, -0.2) is 0 Å². The van der Waals surface area contributed by atoms with Crippen molar-refractivity contribution in [3.8, 4) is 0 Å². The fourth-order valence-corrected chi connectivity index (χ4v) is 1.85. The fraction of sp³-hybridized carbons (Fsp3) is 0.455. The van der Waals surface area contributed by atoms with Crippen LogP contribution in [0, 0.1) is 0 Å². The van der Waals surface area contributed by atoms with Crippen LogP contribution in [0.5, 0.6) is 0 Å². The fourth-order valence-electron chi connectivity index (χ4n) is 1.28. The molecule has 1 aromatic rings. The molecule has 1 aromatic heterocycles. The zero-order valence-electron chi connectivity index (χ0n) is 9.93. The lowest BCUT2D eigenvalue weighted by Crippen LogP contribution is -2.35. The maximum Gasteiger partial charge on any atom is 0.241 e. The van der Waals surface area contributed by atoms with E-state index in [1.807, 2.05) is 6.08 Å². The van der Waals surface area contributed by atoms with Crippen LogP contribution in [-0.2, 0) is 11.8 Å². The first-order valence-corrected chi connectivity index (χ1v) is 6.51. The van der Waals surface area contributed by atoms with Crippen LogP contribution < -0.4 is 11.1 Å². The second-order valence-corrected chi connectivity index (χ2v) is 4.73. The summed E-state index contributed by atoms with van der Waals surface area (Å²) in [5.41, 5.74) is 6.53. The SMILES string of the molecule is C=CCSCCNC(=O)C(N)c1cnn(C)c1. The van der Waals surface area contributed by atoms with Gasteiger partial charge in [-0.3, -0.25) is 9.48 Å². The molecule has 0 fully saturated rings. The largest absolute Gasteiger partial charge is 0.354 e. The minimum absolute atomic E-state index is 0.169. The molecule has 0 bridgehead atoms. The zero-order chi connectivity index (χ0) is 12.7. The van der Waals surface area contributed by atoms with E-state index in [4.69, 9.17) is 5.73 Å². The third kappa shape index (κ3) is 4.62. The van der Waals surface area contributed by atoms with Crippen molar-refractivity contribution < 1.29 is 4.79 Å². The summed E-state index contributed by atoms with van der Waals surface area (Å²) in [7, 11) is 1.79. The molecular formula is C11H18N4OS. The molecular weight excluding hydrogens is 236 g/mol. The zero-order valence-corrected chi connectivity index (χ0v) is 10.7. The number of rotatable bonds is 7. The Morgan fingerprint density at radius 3 is 3.18 bits per heavy atom. The highest BCUT2D eigenvalue weighted by atomic mass is 32.2. The number of aryl methyl sites for hydroxylation is 1. The van der Waals surface area contributed by atoms with Crippen molar-refractivity contribution in [1.82, 2.24) is 15.1 Å². The number of hydrogen-bond acceptors (Lipinski definition) is 4. The van der Waals surface area contributed by atoms with Gasteiger partial charge < -0.3 is 11.1 Å². The Labute approximate surface area is 105 Å². The lowest BCUT2D eigenvalue weighted by atomic mass is 10.1. The maximum atomic E-state index is 11.7. The molecule has 0 spiro atoms. The van der Waals surface area contributed by atoms with Gasteiger partial charge in [0.15, 0.2) is 0 Å². The number of thioether (sulfide) groups is 1. The predicted molar refractivity (Wildman–Crippen MR) is 70.7 cm³/mol. The lowest BCUT2D eigenvalue weighted by Gasteiger charge is -2.10. The van der Waals surface area contributed by atoms with Gasteiger partial charge in [0.2, 0.25) is 5.91 Å². The Kier molecular flexibility index (Phi) is 5.79.